The lowest BCUT2D eigenvalue weighted by molar-refractivity contribution is 1.01. The minimum Gasteiger partial charge on any atom is -0.379 e. The van der Waals surface area contributed by atoms with Crippen LogP contribution < -0.4 is 27.2 Å². The summed E-state index contributed by atoms with van der Waals surface area (Å²) in [5, 5.41) is 5.84. The third-order valence-corrected chi connectivity index (χ3v) is 2.67. The molecule has 18 heavy (non-hydrogen) atoms. The Bertz CT molecular complexity index is 586. The Kier molecular flexibility index (Phi) is 3.74. The van der Waals surface area contributed by atoms with E-state index in [-0.39, 0.29) is 0 Å². The summed E-state index contributed by atoms with van der Waals surface area (Å²) in [7, 11) is 0. The Hall–Kier alpha value is -2.14. The van der Waals surface area contributed by atoms with Gasteiger partial charge in [0.05, 0.1) is 0 Å². The number of benzene rings is 1. The summed E-state index contributed by atoms with van der Waals surface area (Å²) in [4.78, 5) is 22.8. The summed E-state index contributed by atoms with van der Waals surface area (Å²) in [5.74, 6) is 0. The van der Waals surface area contributed by atoms with Crippen molar-refractivity contribution in [3.05, 3.63) is 56.3 Å². The van der Waals surface area contributed by atoms with Crippen LogP contribution in [-0.2, 0) is 6.54 Å². The SMILES string of the molecule is NCCNc1c(NCc2ccccc2)c(=O)c1=O. The summed E-state index contributed by atoms with van der Waals surface area (Å²) in [6.45, 7) is 1.41. The first kappa shape index (κ1) is 12.3. The van der Waals surface area contributed by atoms with Gasteiger partial charge in [-0.15, -0.1) is 0 Å². The Morgan fingerprint density at radius 2 is 1.56 bits per heavy atom. The van der Waals surface area contributed by atoms with Crippen LogP contribution in [0.15, 0.2) is 39.9 Å². The van der Waals surface area contributed by atoms with E-state index in [1.165, 1.54) is 0 Å². The van der Waals surface area contributed by atoms with E-state index in [9.17, 15) is 9.59 Å². The molecule has 0 fully saturated rings. The third-order valence-electron chi connectivity index (χ3n) is 2.67. The third kappa shape index (κ3) is 2.41. The molecule has 0 aliphatic rings. The van der Waals surface area contributed by atoms with Crippen LogP contribution in [0.5, 0.6) is 0 Å². The Labute approximate surface area is 104 Å². The van der Waals surface area contributed by atoms with Gasteiger partial charge in [-0.1, -0.05) is 30.3 Å². The maximum absolute atomic E-state index is 11.4. The summed E-state index contributed by atoms with van der Waals surface area (Å²) in [6, 6.07) is 9.67. The van der Waals surface area contributed by atoms with Crippen LogP contribution in [0.3, 0.4) is 0 Å². The molecule has 4 N–H and O–H groups in total. The van der Waals surface area contributed by atoms with E-state index in [2.05, 4.69) is 10.6 Å². The van der Waals surface area contributed by atoms with Crippen molar-refractivity contribution >= 4 is 11.4 Å². The van der Waals surface area contributed by atoms with Crippen molar-refractivity contribution in [1.29, 1.82) is 0 Å². The smallest absolute Gasteiger partial charge is 0.253 e. The normalized spacial score (nSPS) is 10.5. The van der Waals surface area contributed by atoms with Gasteiger partial charge in [0.15, 0.2) is 0 Å². The highest BCUT2D eigenvalue weighted by Gasteiger charge is 2.19. The fraction of sp³-hybridized carbons (Fsp3) is 0.231. The Morgan fingerprint density at radius 3 is 2.17 bits per heavy atom. The number of anilines is 2. The van der Waals surface area contributed by atoms with Crippen LogP contribution in [-0.4, -0.2) is 13.1 Å². The molecule has 5 nitrogen and oxygen atoms in total. The van der Waals surface area contributed by atoms with Gasteiger partial charge in [-0.3, -0.25) is 9.59 Å². The van der Waals surface area contributed by atoms with Crippen molar-refractivity contribution in [2.24, 2.45) is 5.73 Å². The predicted molar refractivity (Wildman–Crippen MR) is 72.7 cm³/mol. The number of hydrogen-bond donors (Lipinski definition) is 3. The van der Waals surface area contributed by atoms with Crippen LogP contribution in [0.1, 0.15) is 5.56 Å². The van der Waals surface area contributed by atoms with Gasteiger partial charge in [-0.2, -0.15) is 0 Å². The van der Waals surface area contributed by atoms with Gasteiger partial charge in [0.2, 0.25) is 0 Å². The van der Waals surface area contributed by atoms with Crippen molar-refractivity contribution in [2.75, 3.05) is 23.7 Å². The summed E-state index contributed by atoms with van der Waals surface area (Å²) in [5.41, 5.74) is 6.16. The minimum absolute atomic E-state index is 0.349. The van der Waals surface area contributed by atoms with E-state index < -0.39 is 10.9 Å². The lowest BCUT2D eigenvalue weighted by Gasteiger charge is -2.14. The Balaban J connectivity index is 2.04. The summed E-state index contributed by atoms with van der Waals surface area (Å²) in [6.07, 6.45) is 0. The zero-order chi connectivity index (χ0) is 13.0. The van der Waals surface area contributed by atoms with E-state index in [0.29, 0.717) is 31.0 Å². The largest absolute Gasteiger partial charge is 0.379 e. The molecule has 0 aliphatic heterocycles. The quantitative estimate of drug-likeness (QED) is 0.636. The molecular formula is C13H15N3O2. The van der Waals surface area contributed by atoms with Crippen molar-refractivity contribution < 1.29 is 0 Å². The van der Waals surface area contributed by atoms with Gasteiger partial charge in [0.25, 0.3) is 10.9 Å². The predicted octanol–water partition coefficient (Wildman–Crippen LogP) is 0.265. The van der Waals surface area contributed by atoms with E-state index in [0.717, 1.165) is 5.56 Å². The average molecular weight is 245 g/mol. The van der Waals surface area contributed by atoms with Crippen molar-refractivity contribution in [3.63, 3.8) is 0 Å². The topological polar surface area (TPSA) is 84.2 Å². The molecule has 94 valence electrons. The van der Waals surface area contributed by atoms with Gasteiger partial charge in [-0.25, -0.2) is 0 Å². The van der Waals surface area contributed by atoms with Crippen molar-refractivity contribution in [1.82, 2.24) is 0 Å². The molecule has 0 aliphatic carbocycles. The van der Waals surface area contributed by atoms with Crippen LogP contribution in [0.4, 0.5) is 11.4 Å². The molecule has 0 unspecified atom stereocenters. The first-order chi connectivity index (χ1) is 8.74. The molecule has 0 radical (unpaired) electrons. The average Bonchev–Trinajstić information content (AvgIpc) is 2.42. The molecule has 0 heterocycles. The van der Waals surface area contributed by atoms with Crippen LogP contribution in [0.2, 0.25) is 0 Å². The summed E-state index contributed by atoms with van der Waals surface area (Å²) < 4.78 is 0. The second-order valence-corrected chi connectivity index (χ2v) is 3.96. The van der Waals surface area contributed by atoms with E-state index in [1.54, 1.807) is 0 Å². The molecule has 5 heteroatoms. The molecule has 2 aromatic rings. The molecule has 2 aromatic carbocycles. The number of rotatable bonds is 6. The molecule has 0 aromatic heterocycles. The summed E-state index contributed by atoms with van der Waals surface area (Å²) >= 11 is 0. The number of hydrogen-bond acceptors (Lipinski definition) is 5. The standard InChI is InChI=1S/C13H15N3O2/c14-6-7-15-10-11(13(18)12(10)17)16-8-9-4-2-1-3-5-9/h1-5,15-16H,6-8,14H2. The van der Waals surface area contributed by atoms with Crippen molar-refractivity contribution in [3.8, 4) is 0 Å². The highest BCUT2D eigenvalue weighted by Crippen LogP contribution is 2.14. The van der Waals surface area contributed by atoms with Crippen molar-refractivity contribution in [2.45, 2.75) is 6.54 Å². The second-order valence-electron chi connectivity index (χ2n) is 3.96. The molecular weight excluding hydrogens is 230 g/mol. The minimum atomic E-state index is -0.473. The fourth-order valence-electron chi connectivity index (χ4n) is 1.71. The fourth-order valence-corrected chi connectivity index (χ4v) is 1.71. The molecule has 0 saturated carbocycles. The molecule has 0 atom stereocenters. The first-order valence-corrected chi connectivity index (χ1v) is 5.79. The second kappa shape index (κ2) is 5.46. The van der Waals surface area contributed by atoms with Crippen LogP contribution >= 0.6 is 0 Å². The van der Waals surface area contributed by atoms with E-state index in [1.807, 2.05) is 30.3 Å². The molecule has 0 bridgehead atoms. The van der Waals surface area contributed by atoms with Gasteiger partial charge in [0, 0.05) is 19.6 Å². The van der Waals surface area contributed by atoms with Gasteiger partial charge in [0.1, 0.15) is 11.4 Å². The first-order valence-electron chi connectivity index (χ1n) is 5.79. The zero-order valence-electron chi connectivity index (χ0n) is 9.90. The molecule has 0 amide bonds. The lowest BCUT2D eigenvalue weighted by atomic mass is 10.1. The number of nitrogens with one attached hydrogen (secondary N) is 2. The maximum Gasteiger partial charge on any atom is 0.253 e. The highest BCUT2D eigenvalue weighted by molar-refractivity contribution is 5.73. The van der Waals surface area contributed by atoms with Gasteiger partial charge in [-0.05, 0) is 5.56 Å². The molecule has 0 spiro atoms. The number of nitrogens with two attached hydrogens (primary N) is 1. The monoisotopic (exact) mass is 245 g/mol. The Morgan fingerprint density at radius 1 is 0.944 bits per heavy atom. The zero-order valence-corrected chi connectivity index (χ0v) is 9.90. The highest BCUT2D eigenvalue weighted by atomic mass is 16.2. The van der Waals surface area contributed by atoms with Gasteiger partial charge >= 0.3 is 0 Å². The lowest BCUT2D eigenvalue weighted by Crippen LogP contribution is -2.38. The maximum atomic E-state index is 11.4. The van der Waals surface area contributed by atoms with E-state index in [4.69, 9.17) is 5.73 Å². The van der Waals surface area contributed by atoms with E-state index >= 15 is 0 Å². The molecule has 2 rings (SSSR count). The van der Waals surface area contributed by atoms with Gasteiger partial charge < -0.3 is 16.4 Å². The van der Waals surface area contributed by atoms with Crippen LogP contribution in [0, 0.1) is 0 Å². The molecule has 0 saturated heterocycles. The van der Waals surface area contributed by atoms with Crippen LogP contribution in [0.25, 0.3) is 0 Å².